The van der Waals surface area contributed by atoms with Gasteiger partial charge in [0.1, 0.15) is 47.8 Å². The van der Waals surface area contributed by atoms with Gasteiger partial charge in [-0.05, 0) is 12.1 Å². The highest BCUT2D eigenvalue weighted by Crippen LogP contribution is 2.40. The molecule has 6 rings (SSSR count). The molecule has 4 aromatic rings. The minimum Gasteiger partial charge on any atom is -0.477 e. The third-order valence-electron chi connectivity index (χ3n) is 7.13. The van der Waals surface area contributed by atoms with Crippen LogP contribution in [0.5, 0.6) is 0 Å². The summed E-state index contributed by atoms with van der Waals surface area (Å²) in [5.74, 6) is -1.53. The molecule has 7 N–H and O–H groups in total. The molecule has 2 aliphatic heterocycles. The Balaban J connectivity index is 1.18. The summed E-state index contributed by atoms with van der Waals surface area (Å²) in [6.45, 7) is 0.692. The molecule has 0 radical (unpaired) electrons. The van der Waals surface area contributed by atoms with Crippen molar-refractivity contribution in [3.05, 3.63) is 76.7 Å². The number of nitrogens with two attached hydrogens (primary N) is 2. The first kappa shape index (κ1) is 28.9. The van der Waals surface area contributed by atoms with Gasteiger partial charge in [0.2, 0.25) is 0 Å². The molecule has 0 spiro atoms. The van der Waals surface area contributed by atoms with Gasteiger partial charge in [-0.2, -0.15) is 0 Å². The number of oxime groups is 1. The fourth-order valence-electron chi connectivity index (χ4n) is 5.13. The number of thioether (sulfide) groups is 1. The highest BCUT2D eigenvalue weighted by Gasteiger charge is 2.54. The number of hydrogen-bond acceptors (Lipinski definition) is 11. The van der Waals surface area contributed by atoms with Crippen molar-refractivity contribution in [3.8, 4) is 0 Å². The summed E-state index contributed by atoms with van der Waals surface area (Å²) in [6.07, 6.45) is 7.10. The molecule has 0 bridgehead atoms. The topological polar surface area (TPSA) is 219 Å². The Morgan fingerprint density at radius 2 is 2.20 bits per heavy atom. The van der Waals surface area contributed by atoms with Crippen LogP contribution in [0.2, 0.25) is 0 Å². The van der Waals surface area contributed by atoms with Crippen LogP contribution in [0, 0.1) is 5.41 Å². The zero-order valence-corrected chi connectivity index (χ0v) is 24.7. The van der Waals surface area contributed by atoms with Crippen LogP contribution in [0.3, 0.4) is 0 Å². The largest absolute Gasteiger partial charge is 0.477 e. The van der Waals surface area contributed by atoms with Crippen LogP contribution in [0.15, 0.2) is 69.3 Å². The van der Waals surface area contributed by atoms with Crippen molar-refractivity contribution in [3.63, 3.8) is 0 Å². The van der Waals surface area contributed by atoms with Gasteiger partial charge in [-0.3, -0.25) is 19.9 Å². The lowest BCUT2D eigenvalue weighted by Crippen LogP contribution is -2.71. The van der Waals surface area contributed by atoms with Crippen molar-refractivity contribution in [2.75, 3.05) is 18.6 Å². The normalized spacial score (nSPS) is 18.2. The van der Waals surface area contributed by atoms with E-state index < -0.39 is 29.2 Å². The number of fused-ring (bicyclic) bond motifs is 2. The van der Waals surface area contributed by atoms with E-state index in [-0.39, 0.29) is 34.6 Å². The molecular formula is C27H26N9O6S2+. The van der Waals surface area contributed by atoms with E-state index in [2.05, 4.69) is 15.5 Å². The maximum atomic E-state index is 13.2. The summed E-state index contributed by atoms with van der Waals surface area (Å²) in [5, 5.41) is 26.1. The van der Waals surface area contributed by atoms with Crippen molar-refractivity contribution in [2.24, 2.45) is 10.9 Å². The van der Waals surface area contributed by atoms with E-state index in [1.807, 2.05) is 39.9 Å². The van der Waals surface area contributed by atoms with Gasteiger partial charge in [0.25, 0.3) is 11.8 Å². The second-order valence-corrected chi connectivity index (χ2v) is 11.9. The maximum Gasteiger partial charge on any atom is 0.352 e. The van der Waals surface area contributed by atoms with Gasteiger partial charge in [0, 0.05) is 29.0 Å². The van der Waals surface area contributed by atoms with Crippen molar-refractivity contribution in [2.45, 2.75) is 24.5 Å². The van der Waals surface area contributed by atoms with E-state index in [0.717, 1.165) is 22.2 Å². The quantitative estimate of drug-likeness (QED) is 0.0539. The molecule has 0 aromatic carbocycles. The average Bonchev–Trinajstić information content (AvgIpc) is 3.74. The minimum absolute atomic E-state index is 0.0656. The van der Waals surface area contributed by atoms with Gasteiger partial charge >= 0.3 is 5.97 Å². The number of nitrogen functional groups attached to an aromatic ring is 2. The number of furan rings is 1. The number of hydrogen-bond donors (Lipinski definition) is 5. The molecule has 2 atom stereocenters. The first-order chi connectivity index (χ1) is 21.1. The van der Waals surface area contributed by atoms with E-state index in [1.54, 1.807) is 11.4 Å². The van der Waals surface area contributed by atoms with Crippen LogP contribution >= 0.6 is 23.1 Å². The van der Waals surface area contributed by atoms with Crippen molar-refractivity contribution in [1.29, 1.82) is 5.41 Å². The van der Waals surface area contributed by atoms with Gasteiger partial charge in [0.05, 0.1) is 23.0 Å². The van der Waals surface area contributed by atoms with Crippen molar-refractivity contribution in [1.82, 2.24) is 19.8 Å². The number of aromatic nitrogens is 3. The van der Waals surface area contributed by atoms with Crippen molar-refractivity contribution >= 4 is 68.5 Å². The molecule has 2 aliphatic rings. The number of anilines is 1. The van der Waals surface area contributed by atoms with Crippen LogP contribution in [-0.4, -0.2) is 73.2 Å². The highest BCUT2D eigenvalue weighted by atomic mass is 32.2. The lowest BCUT2D eigenvalue weighted by Gasteiger charge is -2.49. The monoisotopic (exact) mass is 636 g/mol. The Hall–Kier alpha value is -5.16. The molecule has 44 heavy (non-hydrogen) atoms. The SMILES string of the molecule is CO/N=C(\C(=O)N[C@@H]1C(=O)N2C(C(=O)O)=C(C[n+]3ccc4c(ccn4Cc4cc(C(=N)N)co4)c3)CS[C@H]12)c1csc(N)n1. The van der Waals surface area contributed by atoms with E-state index in [4.69, 9.17) is 26.1 Å². The predicted molar refractivity (Wildman–Crippen MR) is 161 cm³/mol. The molecule has 226 valence electrons. The molecule has 6 heterocycles. The van der Waals surface area contributed by atoms with Gasteiger partial charge < -0.3 is 35.7 Å². The summed E-state index contributed by atoms with van der Waals surface area (Å²) in [7, 11) is 1.28. The number of carbonyl (C=O) groups excluding carboxylic acids is 2. The number of amidine groups is 1. The lowest BCUT2D eigenvalue weighted by atomic mass is 10.0. The summed E-state index contributed by atoms with van der Waals surface area (Å²) < 4.78 is 9.38. The number of pyridine rings is 1. The molecule has 2 amide bonds. The number of carbonyl (C=O) groups is 3. The second kappa shape index (κ2) is 11.5. The summed E-state index contributed by atoms with van der Waals surface area (Å²) in [6, 6.07) is 4.62. The van der Waals surface area contributed by atoms with Crippen LogP contribution in [0.1, 0.15) is 17.0 Å². The average molecular weight is 637 g/mol. The lowest BCUT2D eigenvalue weighted by molar-refractivity contribution is -0.687. The summed E-state index contributed by atoms with van der Waals surface area (Å²) in [5.41, 5.74) is 13.2. The predicted octanol–water partition coefficient (Wildman–Crippen LogP) is 0.682. The van der Waals surface area contributed by atoms with Gasteiger partial charge in [0.15, 0.2) is 29.8 Å². The zero-order valence-electron chi connectivity index (χ0n) is 23.1. The fourth-order valence-corrected chi connectivity index (χ4v) is 7.01. The van der Waals surface area contributed by atoms with Crippen molar-refractivity contribution < 1.29 is 33.3 Å². The number of β-lactam (4-membered cyclic amide) rings is 1. The Morgan fingerprint density at radius 1 is 1.39 bits per heavy atom. The number of nitrogens with zero attached hydrogens (tertiary/aromatic N) is 5. The van der Waals surface area contributed by atoms with Crippen LogP contribution in [-0.2, 0) is 32.3 Å². The van der Waals surface area contributed by atoms with Crippen LogP contribution < -0.4 is 21.4 Å². The van der Waals surface area contributed by atoms with Gasteiger partial charge in [-0.25, -0.2) is 14.3 Å². The van der Waals surface area contributed by atoms with E-state index in [1.165, 1.54) is 30.0 Å². The molecule has 0 saturated carbocycles. The minimum atomic E-state index is -1.22. The second-order valence-electron chi connectivity index (χ2n) is 9.93. The smallest absolute Gasteiger partial charge is 0.352 e. The molecule has 0 unspecified atom stereocenters. The first-order valence-electron chi connectivity index (χ1n) is 13.1. The molecule has 0 aliphatic carbocycles. The third-order valence-corrected chi connectivity index (χ3v) is 9.14. The molecular weight excluding hydrogens is 610 g/mol. The highest BCUT2D eigenvalue weighted by molar-refractivity contribution is 8.00. The number of amides is 2. The van der Waals surface area contributed by atoms with E-state index >= 15 is 0 Å². The zero-order chi connectivity index (χ0) is 31.1. The molecule has 17 heteroatoms. The molecule has 1 saturated heterocycles. The van der Waals surface area contributed by atoms with E-state index in [9.17, 15) is 19.5 Å². The molecule has 1 fully saturated rings. The summed E-state index contributed by atoms with van der Waals surface area (Å²) in [4.78, 5) is 48.6. The standard InChI is InChI=1S/C27H25N9O6S2/c1-41-33-19(17-12-44-27(30)31-17)23(37)32-20-24(38)36-21(26(39)40)15(11-43-25(20)36)8-34-4-3-18-13(7-34)2-5-35(18)9-16-6-14(10-42-16)22(28)29/h2-7,10,12,20,25H,8-9,11H2,1H3,(H6-,28,29,30,31,32,37,39,40)/p+1/b33-19-/t20-,25-/m1/s1. The summed E-state index contributed by atoms with van der Waals surface area (Å²) >= 11 is 2.49. The Morgan fingerprint density at radius 3 is 2.89 bits per heavy atom. The first-order valence-corrected chi connectivity index (χ1v) is 15.0. The van der Waals surface area contributed by atoms with Crippen LogP contribution in [0.25, 0.3) is 10.9 Å². The van der Waals surface area contributed by atoms with Gasteiger partial charge in [-0.1, -0.05) is 5.16 Å². The molecule has 4 aromatic heterocycles. The third kappa shape index (κ3) is 5.26. The van der Waals surface area contributed by atoms with Crippen LogP contribution in [0.4, 0.5) is 5.13 Å². The fraction of sp³-hybridized carbons (Fsp3) is 0.222. The number of carboxylic acids is 1. The number of nitrogens with one attached hydrogen (secondary N) is 2. The Kier molecular flexibility index (Phi) is 7.56. The molecule has 15 nitrogen and oxygen atoms in total. The number of aliphatic carboxylic acids is 1. The van der Waals surface area contributed by atoms with Gasteiger partial charge in [-0.15, -0.1) is 23.1 Å². The maximum absolute atomic E-state index is 13.2. The number of carboxylic acid groups (broad SMARTS) is 1. The van der Waals surface area contributed by atoms with E-state index in [0.29, 0.717) is 29.2 Å². The number of thiazole rings is 1. The number of rotatable bonds is 10. The Bertz CT molecular complexity index is 1890. The Labute approximate surface area is 257 Å².